The van der Waals surface area contributed by atoms with E-state index in [2.05, 4.69) is 25.2 Å². The van der Waals surface area contributed by atoms with Crippen LogP contribution in [0.15, 0.2) is 54.0 Å². The van der Waals surface area contributed by atoms with Gasteiger partial charge in [-0.1, -0.05) is 32.4 Å². The number of amides is 2. The van der Waals surface area contributed by atoms with E-state index >= 15 is 0 Å². The van der Waals surface area contributed by atoms with Crippen LogP contribution in [0.2, 0.25) is 0 Å². The minimum atomic E-state index is -0.0512. The van der Waals surface area contributed by atoms with Crippen molar-refractivity contribution in [1.82, 2.24) is 9.91 Å². The van der Waals surface area contributed by atoms with Gasteiger partial charge in [0.1, 0.15) is 0 Å². The fourth-order valence-electron chi connectivity index (χ4n) is 2.66. The van der Waals surface area contributed by atoms with E-state index in [1.165, 1.54) is 10.6 Å². The Morgan fingerprint density at radius 2 is 1.90 bits per heavy atom. The molecule has 2 aliphatic rings. The third kappa shape index (κ3) is 10.3. The molecule has 6 heteroatoms. The van der Waals surface area contributed by atoms with Gasteiger partial charge in [-0.2, -0.15) is 0 Å². The Balaban J connectivity index is 0.000000716. The molecule has 2 aliphatic heterocycles. The Hall–Kier alpha value is -2.50. The van der Waals surface area contributed by atoms with Crippen LogP contribution in [-0.2, 0) is 16.0 Å². The van der Waals surface area contributed by atoms with Crippen LogP contribution >= 0.6 is 0 Å². The summed E-state index contributed by atoms with van der Waals surface area (Å²) in [5, 5.41) is 5.63. The Morgan fingerprint density at radius 1 is 1.33 bits per heavy atom. The number of hydrogen-bond donors (Lipinski definition) is 0. The zero-order valence-electron chi connectivity index (χ0n) is 19.4. The molecule has 1 fully saturated rings. The molecule has 1 aromatic heterocycles. The van der Waals surface area contributed by atoms with Crippen molar-refractivity contribution in [2.45, 2.75) is 66.3 Å². The molecule has 0 aromatic carbocycles. The van der Waals surface area contributed by atoms with Crippen molar-refractivity contribution in [3.8, 4) is 0 Å². The average molecular weight is 411 g/mol. The molecule has 0 aliphatic carbocycles. The maximum atomic E-state index is 12.2. The number of hydrogen-bond acceptors (Lipinski definition) is 3. The first-order valence-electron chi connectivity index (χ1n) is 10.8. The minimum absolute atomic E-state index is 0.0263. The third-order valence-corrected chi connectivity index (χ3v) is 4.34. The summed E-state index contributed by atoms with van der Waals surface area (Å²) in [6.07, 6.45) is 6.44. The van der Waals surface area contributed by atoms with Crippen molar-refractivity contribution in [3.63, 3.8) is 0 Å². The second-order valence-electron chi connectivity index (χ2n) is 6.88. The van der Waals surface area contributed by atoms with Gasteiger partial charge in [0.05, 0.1) is 0 Å². The zero-order valence-corrected chi connectivity index (χ0v) is 19.4. The van der Waals surface area contributed by atoms with Gasteiger partial charge >= 0.3 is 118 Å². The molecule has 0 radical (unpaired) electrons. The Kier molecular flexibility index (Phi) is 15.0. The number of carbonyl (C=O) groups is 2. The number of allylic oxidation sites excluding steroid dienone is 2. The number of carbonyl (C=O) groups excluding carboxylic acids is 2. The molecular weight excluding hydrogens is 373 g/mol. The van der Waals surface area contributed by atoms with Gasteiger partial charge in [0.2, 0.25) is 0 Å². The number of hydrazone groups is 1. The first-order chi connectivity index (χ1) is 14.4. The van der Waals surface area contributed by atoms with Crippen molar-refractivity contribution in [2.24, 2.45) is 5.10 Å². The normalized spacial score (nSPS) is 16.3. The van der Waals surface area contributed by atoms with Crippen molar-refractivity contribution >= 4 is 24.9 Å². The Morgan fingerprint density at radius 3 is 2.37 bits per heavy atom. The summed E-state index contributed by atoms with van der Waals surface area (Å²) >= 11 is 0. The van der Waals surface area contributed by atoms with E-state index in [4.69, 9.17) is 0 Å². The predicted molar refractivity (Wildman–Crippen MR) is 129 cm³/mol. The molecule has 0 N–H and O–H groups in total. The van der Waals surface area contributed by atoms with Gasteiger partial charge in [-0.15, -0.1) is 13.2 Å². The molecule has 164 valence electrons. The van der Waals surface area contributed by atoms with E-state index in [-0.39, 0.29) is 17.9 Å². The first-order valence-corrected chi connectivity index (χ1v) is 10.8. The Labute approximate surface area is 183 Å². The first kappa shape index (κ1) is 27.5. The van der Waals surface area contributed by atoms with Gasteiger partial charge in [-0.05, 0) is 20.3 Å². The second-order valence-corrected chi connectivity index (χ2v) is 6.88. The van der Waals surface area contributed by atoms with E-state index in [1.54, 1.807) is 12.3 Å². The monoisotopic (exact) mass is 411 g/mol. The van der Waals surface area contributed by atoms with Crippen LogP contribution < -0.4 is 0 Å². The summed E-state index contributed by atoms with van der Waals surface area (Å²) in [6.45, 7) is 20.2. The molecular formula is C24H38BN3O2. The molecule has 1 saturated heterocycles. The van der Waals surface area contributed by atoms with Crippen molar-refractivity contribution in [1.29, 1.82) is 0 Å². The number of rotatable bonds is 4. The summed E-state index contributed by atoms with van der Waals surface area (Å²) in [6, 6.07) is 3.81. The molecule has 3 heterocycles. The molecule has 1 aromatic rings. The quantitative estimate of drug-likeness (QED) is 0.682. The molecule has 1 unspecified atom stereocenters. The van der Waals surface area contributed by atoms with E-state index in [1.807, 2.05) is 63.6 Å². The standard InChI is InChI=1S/C14H16BN3O2.C5H10.C3H6.C2H6/c19-13-2-1-7-17(13)12-9-16-18(10-12)14(20)8-11-3-5-15-6-4-11;1-4-5(2)3;1-3-2;1-2/h3-6,9,12H,1-2,7-8,10H2;2,4H2,1,3H3;3H,1H2,2H3;1-2H3. The van der Waals surface area contributed by atoms with Crippen molar-refractivity contribution < 1.29 is 9.59 Å². The molecule has 0 saturated carbocycles. The van der Waals surface area contributed by atoms with Crippen LogP contribution in [0, 0.1) is 0 Å². The average Bonchev–Trinajstić information content (AvgIpc) is 3.40. The molecule has 5 nitrogen and oxygen atoms in total. The molecule has 2 amide bonds. The van der Waals surface area contributed by atoms with Crippen LogP contribution in [0.3, 0.4) is 0 Å². The van der Waals surface area contributed by atoms with Gasteiger partial charge in [0.25, 0.3) is 0 Å². The summed E-state index contributed by atoms with van der Waals surface area (Å²) in [7, 11) is 0. The Bertz CT molecular complexity index is 689. The number of nitrogens with zero attached hydrogens (tertiary/aromatic N) is 3. The van der Waals surface area contributed by atoms with Gasteiger partial charge in [0.15, 0.2) is 0 Å². The summed E-state index contributed by atoms with van der Waals surface area (Å²) in [4.78, 5) is 25.7. The van der Waals surface area contributed by atoms with Gasteiger partial charge in [0, 0.05) is 0 Å². The fourth-order valence-corrected chi connectivity index (χ4v) is 2.66. The molecule has 1 atom stereocenters. The van der Waals surface area contributed by atoms with E-state index in [9.17, 15) is 9.59 Å². The van der Waals surface area contributed by atoms with E-state index < -0.39 is 0 Å². The van der Waals surface area contributed by atoms with Crippen LogP contribution in [-0.4, -0.2) is 54.0 Å². The summed E-state index contributed by atoms with van der Waals surface area (Å²) in [5.74, 6) is 3.98. The second kappa shape index (κ2) is 16.3. The van der Waals surface area contributed by atoms with E-state index in [0.717, 1.165) is 24.9 Å². The molecule has 0 spiro atoms. The van der Waals surface area contributed by atoms with Crippen LogP contribution in [0.1, 0.15) is 59.4 Å². The van der Waals surface area contributed by atoms with Crippen LogP contribution in [0.4, 0.5) is 0 Å². The number of likely N-dealkylation sites (tertiary alicyclic amines) is 1. The fraction of sp³-hybridized carbons (Fsp3) is 0.500. The predicted octanol–water partition coefficient (Wildman–Crippen LogP) is 4.58. The molecule has 3 rings (SSSR count). The van der Waals surface area contributed by atoms with Crippen molar-refractivity contribution in [2.75, 3.05) is 13.1 Å². The van der Waals surface area contributed by atoms with Crippen molar-refractivity contribution in [3.05, 3.63) is 54.4 Å². The van der Waals surface area contributed by atoms with Crippen LogP contribution in [0.5, 0.6) is 0 Å². The topological polar surface area (TPSA) is 53.0 Å². The molecule has 0 bridgehead atoms. The summed E-state index contributed by atoms with van der Waals surface area (Å²) in [5.41, 5.74) is 2.23. The summed E-state index contributed by atoms with van der Waals surface area (Å²) < 4.78 is 0. The molecule has 30 heavy (non-hydrogen) atoms. The third-order valence-electron chi connectivity index (χ3n) is 4.34. The van der Waals surface area contributed by atoms with Gasteiger partial charge in [-0.3, -0.25) is 0 Å². The van der Waals surface area contributed by atoms with Gasteiger partial charge in [-0.25, -0.2) is 0 Å². The van der Waals surface area contributed by atoms with E-state index in [0.29, 0.717) is 19.4 Å². The van der Waals surface area contributed by atoms with Crippen LogP contribution in [0.25, 0.3) is 0 Å². The maximum absolute atomic E-state index is 12.2. The zero-order chi connectivity index (χ0) is 22.9. The van der Waals surface area contributed by atoms with Gasteiger partial charge < -0.3 is 0 Å². The SMILES string of the molecule is C=C(C)CC.C=CC.CC.O=C(Cc1ccbcc1)N1CC(N2CCCC2=O)C=N1.